The van der Waals surface area contributed by atoms with Crippen molar-refractivity contribution in [2.45, 2.75) is 37.8 Å². The van der Waals surface area contributed by atoms with Gasteiger partial charge in [0.1, 0.15) is 0 Å². The van der Waals surface area contributed by atoms with Crippen LogP contribution in [0, 0.1) is 0 Å². The van der Waals surface area contributed by atoms with Crippen LogP contribution in [0.3, 0.4) is 0 Å². The summed E-state index contributed by atoms with van der Waals surface area (Å²) in [6.07, 6.45) is 9.21. The summed E-state index contributed by atoms with van der Waals surface area (Å²) in [5.41, 5.74) is 0. The third kappa shape index (κ3) is 6.12. The smallest absolute Gasteiger partial charge is 0.191 e. The normalized spacial score (nSPS) is 23.3. The zero-order valence-corrected chi connectivity index (χ0v) is 15.5. The van der Waals surface area contributed by atoms with Gasteiger partial charge in [0.05, 0.1) is 6.61 Å². The summed E-state index contributed by atoms with van der Waals surface area (Å²) < 4.78 is 5.18. The third-order valence-electron chi connectivity index (χ3n) is 4.16. The number of aliphatic imine (C=N–C) groups is 1. The van der Waals surface area contributed by atoms with E-state index in [1.54, 1.807) is 7.11 Å². The standard InChI is InChI=1S/C15H28N4O.HI/c1-16-15(18-13-6-3-4-7-13)17-12-14-8-5-9-19(14)10-11-20-2;/h3-4,13-14H,5-12H2,1-2H3,(H2,16,17,18);1H. The van der Waals surface area contributed by atoms with Crippen LogP contribution in [0.5, 0.6) is 0 Å². The lowest BCUT2D eigenvalue weighted by atomic mass is 10.2. The van der Waals surface area contributed by atoms with Gasteiger partial charge >= 0.3 is 0 Å². The lowest BCUT2D eigenvalue weighted by Gasteiger charge is -2.25. The van der Waals surface area contributed by atoms with Crippen LogP contribution in [0.1, 0.15) is 25.7 Å². The van der Waals surface area contributed by atoms with Crippen LogP contribution in [0.15, 0.2) is 17.1 Å². The largest absolute Gasteiger partial charge is 0.383 e. The van der Waals surface area contributed by atoms with Crippen molar-refractivity contribution in [3.05, 3.63) is 12.2 Å². The van der Waals surface area contributed by atoms with Gasteiger partial charge in [-0.25, -0.2) is 0 Å². The molecule has 0 aromatic rings. The number of hydrogen-bond acceptors (Lipinski definition) is 3. The molecule has 1 heterocycles. The van der Waals surface area contributed by atoms with Gasteiger partial charge in [-0.3, -0.25) is 9.89 Å². The average molecular weight is 408 g/mol. The van der Waals surface area contributed by atoms with Gasteiger partial charge in [-0.1, -0.05) is 12.2 Å². The SMILES string of the molecule is CN=C(NCC1CCCN1CCOC)NC1CC=CC1.I. The van der Waals surface area contributed by atoms with Crippen LogP contribution in [-0.4, -0.2) is 63.3 Å². The number of nitrogens with zero attached hydrogens (tertiary/aromatic N) is 2. The van der Waals surface area contributed by atoms with Gasteiger partial charge in [0.15, 0.2) is 5.96 Å². The lowest BCUT2D eigenvalue weighted by molar-refractivity contribution is 0.141. The van der Waals surface area contributed by atoms with Crippen molar-refractivity contribution in [3.63, 3.8) is 0 Å². The van der Waals surface area contributed by atoms with Crippen molar-refractivity contribution in [1.82, 2.24) is 15.5 Å². The molecule has 0 radical (unpaired) electrons. The molecule has 1 fully saturated rings. The van der Waals surface area contributed by atoms with Crippen molar-refractivity contribution in [2.24, 2.45) is 4.99 Å². The summed E-state index contributed by atoms with van der Waals surface area (Å²) in [5.74, 6) is 0.928. The van der Waals surface area contributed by atoms with Crippen LogP contribution >= 0.6 is 24.0 Å². The van der Waals surface area contributed by atoms with E-state index in [4.69, 9.17) is 4.74 Å². The molecular weight excluding hydrogens is 379 g/mol. The van der Waals surface area contributed by atoms with E-state index in [0.717, 1.165) is 38.5 Å². The second-order valence-electron chi connectivity index (χ2n) is 5.56. The summed E-state index contributed by atoms with van der Waals surface area (Å²) in [6, 6.07) is 1.11. The second-order valence-corrected chi connectivity index (χ2v) is 5.56. The molecule has 1 aliphatic heterocycles. The van der Waals surface area contributed by atoms with Crippen molar-refractivity contribution < 1.29 is 4.74 Å². The monoisotopic (exact) mass is 408 g/mol. The van der Waals surface area contributed by atoms with Crippen LogP contribution < -0.4 is 10.6 Å². The first kappa shape index (κ1) is 18.7. The molecule has 1 atom stereocenters. The zero-order chi connectivity index (χ0) is 14.2. The predicted molar refractivity (Wildman–Crippen MR) is 98.5 cm³/mol. The summed E-state index contributed by atoms with van der Waals surface area (Å²) in [4.78, 5) is 6.84. The van der Waals surface area contributed by atoms with Crippen LogP contribution in [-0.2, 0) is 4.74 Å². The maximum absolute atomic E-state index is 5.18. The Morgan fingerprint density at radius 1 is 1.38 bits per heavy atom. The Hall–Kier alpha value is -0.340. The van der Waals surface area contributed by atoms with Crippen molar-refractivity contribution in [1.29, 1.82) is 0 Å². The molecule has 1 aliphatic carbocycles. The first-order valence-electron chi connectivity index (χ1n) is 7.68. The molecule has 6 heteroatoms. The molecule has 0 bridgehead atoms. The Balaban J connectivity index is 0.00000220. The lowest BCUT2D eigenvalue weighted by Crippen LogP contribution is -2.47. The Bertz CT molecular complexity index is 341. The molecule has 0 aromatic heterocycles. The Morgan fingerprint density at radius 2 is 2.14 bits per heavy atom. The van der Waals surface area contributed by atoms with Crippen LogP contribution in [0.2, 0.25) is 0 Å². The van der Waals surface area contributed by atoms with Crippen molar-refractivity contribution in [2.75, 3.05) is 40.4 Å². The first-order valence-corrected chi connectivity index (χ1v) is 7.68. The van der Waals surface area contributed by atoms with Gasteiger partial charge in [0.2, 0.25) is 0 Å². The van der Waals surface area contributed by atoms with Gasteiger partial charge in [-0.05, 0) is 32.2 Å². The molecular formula is C15H29IN4O. The van der Waals surface area contributed by atoms with Crippen molar-refractivity contribution in [3.8, 4) is 0 Å². The Kier molecular flexibility index (Phi) is 9.26. The number of guanidine groups is 1. The van der Waals surface area contributed by atoms with E-state index in [0.29, 0.717) is 12.1 Å². The second kappa shape index (κ2) is 10.4. The maximum Gasteiger partial charge on any atom is 0.191 e. The number of halogens is 1. The summed E-state index contributed by atoms with van der Waals surface area (Å²) >= 11 is 0. The molecule has 1 unspecified atom stereocenters. The van der Waals surface area contributed by atoms with E-state index >= 15 is 0 Å². The molecule has 2 rings (SSSR count). The molecule has 5 nitrogen and oxygen atoms in total. The van der Waals surface area contributed by atoms with Gasteiger partial charge < -0.3 is 15.4 Å². The maximum atomic E-state index is 5.18. The van der Waals surface area contributed by atoms with Crippen molar-refractivity contribution >= 4 is 29.9 Å². The average Bonchev–Trinajstić information content (AvgIpc) is 3.12. The molecule has 122 valence electrons. The number of rotatable bonds is 6. The molecule has 0 spiro atoms. The third-order valence-corrected chi connectivity index (χ3v) is 4.16. The number of nitrogens with one attached hydrogen (secondary N) is 2. The van der Waals surface area contributed by atoms with Gasteiger partial charge in [-0.2, -0.15) is 0 Å². The summed E-state index contributed by atoms with van der Waals surface area (Å²) in [7, 11) is 3.61. The molecule has 2 N–H and O–H groups in total. The van der Waals surface area contributed by atoms with E-state index < -0.39 is 0 Å². The minimum atomic E-state index is 0. The van der Waals surface area contributed by atoms with Gasteiger partial charge in [0, 0.05) is 39.3 Å². The highest BCUT2D eigenvalue weighted by molar-refractivity contribution is 14.0. The van der Waals surface area contributed by atoms with E-state index in [1.165, 1.54) is 19.4 Å². The number of ether oxygens (including phenoxy) is 1. The highest BCUT2D eigenvalue weighted by atomic mass is 127. The fourth-order valence-electron chi connectivity index (χ4n) is 2.97. The zero-order valence-electron chi connectivity index (χ0n) is 13.2. The topological polar surface area (TPSA) is 48.9 Å². The molecule has 21 heavy (non-hydrogen) atoms. The number of likely N-dealkylation sites (tertiary alicyclic amines) is 1. The highest BCUT2D eigenvalue weighted by Gasteiger charge is 2.24. The highest BCUT2D eigenvalue weighted by Crippen LogP contribution is 2.16. The summed E-state index contributed by atoms with van der Waals surface area (Å²) in [6.45, 7) is 4.00. The molecule has 2 aliphatic rings. The quantitative estimate of drug-likeness (QED) is 0.304. The van der Waals surface area contributed by atoms with Crippen LogP contribution in [0.25, 0.3) is 0 Å². The first-order chi connectivity index (χ1) is 9.83. The number of hydrogen-bond donors (Lipinski definition) is 2. The van der Waals surface area contributed by atoms with E-state index in [1.807, 2.05) is 7.05 Å². The van der Waals surface area contributed by atoms with E-state index in [9.17, 15) is 0 Å². The molecule has 0 aromatic carbocycles. The Morgan fingerprint density at radius 3 is 2.81 bits per heavy atom. The molecule has 0 amide bonds. The van der Waals surface area contributed by atoms with Gasteiger partial charge in [-0.15, -0.1) is 24.0 Å². The van der Waals surface area contributed by atoms with Crippen LogP contribution in [0.4, 0.5) is 0 Å². The number of methoxy groups -OCH3 is 1. The summed E-state index contributed by atoms with van der Waals surface area (Å²) in [5, 5.41) is 6.95. The predicted octanol–water partition coefficient (Wildman–Crippen LogP) is 1.60. The fourth-order valence-corrected chi connectivity index (χ4v) is 2.97. The molecule has 1 saturated heterocycles. The Labute approximate surface area is 145 Å². The fraction of sp³-hybridized carbons (Fsp3) is 0.800. The van der Waals surface area contributed by atoms with Gasteiger partial charge in [0.25, 0.3) is 0 Å². The molecule has 0 saturated carbocycles. The minimum Gasteiger partial charge on any atom is -0.383 e. The van der Waals surface area contributed by atoms with E-state index in [2.05, 4.69) is 32.7 Å². The van der Waals surface area contributed by atoms with E-state index in [-0.39, 0.29) is 24.0 Å². The minimum absolute atomic E-state index is 0.